The summed E-state index contributed by atoms with van der Waals surface area (Å²) in [5.74, 6) is -0.173. The maximum atomic E-state index is 14.1. The maximum absolute atomic E-state index is 14.1. The van der Waals surface area contributed by atoms with Crippen molar-refractivity contribution in [3.05, 3.63) is 54.1 Å². The van der Waals surface area contributed by atoms with Gasteiger partial charge in [0.05, 0.1) is 17.6 Å². The van der Waals surface area contributed by atoms with E-state index in [1.54, 1.807) is 17.1 Å². The largest absolute Gasteiger partial charge is 0.363 e. The van der Waals surface area contributed by atoms with Crippen molar-refractivity contribution in [2.45, 2.75) is 19.9 Å². The Morgan fingerprint density at radius 1 is 1.26 bits per heavy atom. The van der Waals surface area contributed by atoms with Crippen LogP contribution in [-0.2, 0) is 20.0 Å². The summed E-state index contributed by atoms with van der Waals surface area (Å²) in [7, 11) is 1.86. The Labute approximate surface area is 133 Å². The van der Waals surface area contributed by atoms with Gasteiger partial charge in [0.2, 0.25) is 0 Å². The van der Waals surface area contributed by atoms with Gasteiger partial charge in [-0.1, -0.05) is 6.92 Å². The third-order valence-electron chi connectivity index (χ3n) is 3.48. The van der Waals surface area contributed by atoms with Crippen LogP contribution >= 0.6 is 0 Å². The number of pyridine rings is 1. The second kappa shape index (κ2) is 6.51. The maximum Gasteiger partial charge on any atom is 0.186 e. The number of hydrogen-bond acceptors (Lipinski definition) is 5. The van der Waals surface area contributed by atoms with E-state index in [1.807, 2.05) is 32.3 Å². The van der Waals surface area contributed by atoms with Crippen molar-refractivity contribution < 1.29 is 4.39 Å². The quantitative estimate of drug-likeness (QED) is 0.784. The average molecular weight is 312 g/mol. The molecule has 118 valence electrons. The number of hydrogen-bond donors (Lipinski definition) is 1. The van der Waals surface area contributed by atoms with E-state index >= 15 is 0 Å². The molecule has 1 N–H and O–H groups in total. The van der Waals surface area contributed by atoms with Crippen molar-refractivity contribution >= 4 is 5.82 Å². The minimum Gasteiger partial charge on any atom is -0.363 e. The lowest BCUT2D eigenvalue weighted by Gasteiger charge is -2.09. The Bertz CT molecular complexity index is 814. The Morgan fingerprint density at radius 3 is 2.87 bits per heavy atom. The number of halogens is 1. The van der Waals surface area contributed by atoms with Gasteiger partial charge in [-0.05, 0) is 24.1 Å². The molecule has 0 aromatic carbocycles. The molecule has 3 aromatic heterocycles. The van der Waals surface area contributed by atoms with Crippen LogP contribution in [0.4, 0.5) is 10.2 Å². The van der Waals surface area contributed by atoms with Gasteiger partial charge in [0.15, 0.2) is 11.6 Å². The van der Waals surface area contributed by atoms with Gasteiger partial charge in [0, 0.05) is 31.5 Å². The third-order valence-corrected chi connectivity index (χ3v) is 3.48. The molecule has 0 atom stereocenters. The predicted octanol–water partition coefficient (Wildman–Crippen LogP) is 2.59. The van der Waals surface area contributed by atoms with E-state index < -0.39 is 5.82 Å². The Morgan fingerprint density at radius 2 is 2.13 bits per heavy atom. The molecule has 0 spiro atoms. The molecule has 3 rings (SSSR count). The Hall–Kier alpha value is -2.83. The fourth-order valence-electron chi connectivity index (χ4n) is 2.26. The predicted molar refractivity (Wildman–Crippen MR) is 85.1 cm³/mol. The van der Waals surface area contributed by atoms with Crippen LogP contribution in [0.1, 0.15) is 18.2 Å². The van der Waals surface area contributed by atoms with Crippen LogP contribution in [-0.4, -0.2) is 24.7 Å². The van der Waals surface area contributed by atoms with Crippen molar-refractivity contribution in [1.29, 1.82) is 0 Å². The number of anilines is 1. The average Bonchev–Trinajstić information content (AvgIpc) is 3.01. The number of nitrogens with one attached hydrogen (secondary N) is 1. The second-order valence-electron chi connectivity index (χ2n) is 5.14. The summed E-state index contributed by atoms with van der Waals surface area (Å²) in [4.78, 5) is 12.2. The molecule has 0 saturated heterocycles. The molecule has 23 heavy (non-hydrogen) atoms. The van der Waals surface area contributed by atoms with Crippen molar-refractivity contribution in [1.82, 2.24) is 24.7 Å². The molecule has 0 bridgehead atoms. The molecule has 0 saturated carbocycles. The number of nitrogens with zero attached hydrogens (tertiary/aromatic N) is 5. The van der Waals surface area contributed by atoms with Gasteiger partial charge in [-0.25, -0.2) is 14.4 Å². The molecule has 0 unspecified atom stereocenters. The minimum atomic E-state index is -0.392. The smallest absolute Gasteiger partial charge is 0.186 e. The van der Waals surface area contributed by atoms with Gasteiger partial charge in [0.1, 0.15) is 6.33 Å². The number of aromatic nitrogens is 5. The van der Waals surface area contributed by atoms with Crippen LogP contribution in [0.25, 0.3) is 11.3 Å². The molecule has 3 aromatic rings. The molecule has 0 fully saturated rings. The first-order chi connectivity index (χ1) is 11.2. The minimum absolute atomic E-state index is 0.219. The molecule has 7 heteroatoms. The van der Waals surface area contributed by atoms with Crippen LogP contribution in [0.3, 0.4) is 0 Å². The van der Waals surface area contributed by atoms with Crippen molar-refractivity contribution in [2.75, 3.05) is 5.32 Å². The fourth-order valence-corrected chi connectivity index (χ4v) is 2.26. The normalized spacial score (nSPS) is 10.7. The lowest BCUT2D eigenvalue weighted by molar-refractivity contribution is 0.596. The lowest BCUT2D eigenvalue weighted by Crippen LogP contribution is -2.07. The van der Waals surface area contributed by atoms with E-state index in [2.05, 4.69) is 25.4 Å². The summed E-state index contributed by atoms with van der Waals surface area (Å²) < 4.78 is 15.8. The summed E-state index contributed by atoms with van der Waals surface area (Å²) >= 11 is 0. The highest BCUT2D eigenvalue weighted by molar-refractivity contribution is 5.57. The molecule has 0 aliphatic carbocycles. The van der Waals surface area contributed by atoms with Crippen molar-refractivity contribution in [3.8, 4) is 11.3 Å². The Balaban J connectivity index is 1.76. The third kappa shape index (κ3) is 3.33. The van der Waals surface area contributed by atoms with Crippen LogP contribution < -0.4 is 5.32 Å². The van der Waals surface area contributed by atoms with Gasteiger partial charge >= 0.3 is 0 Å². The summed E-state index contributed by atoms with van der Waals surface area (Å²) in [5, 5.41) is 7.15. The van der Waals surface area contributed by atoms with Gasteiger partial charge < -0.3 is 5.32 Å². The molecule has 6 nitrogen and oxygen atoms in total. The van der Waals surface area contributed by atoms with Crippen molar-refractivity contribution in [2.24, 2.45) is 7.05 Å². The van der Waals surface area contributed by atoms with E-state index in [0.29, 0.717) is 18.7 Å². The molecule has 0 aliphatic heterocycles. The highest BCUT2D eigenvalue weighted by Gasteiger charge is 2.09. The molecule has 0 radical (unpaired) electrons. The number of rotatable bonds is 5. The van der Waals surface area contributed by atoms with Gasteiger partial charge in [-0.3, -0.25) is 9.67 Å². The zero-order chi connectivity index (χ0) is 16.2. The second-order valence-corrected chi connectivity index (χ2v) is 5.14. The highest BCUT2D eigenvalue weighted by Crippen LogP contribution is 2.18. The van der Waals surface area contributed by atoms with Crippen LogP contribution in [0.15, 0.2) is 37.1 Å². The lowest BCUT2D eigenvalue weighted by atomic mass is 10.1. The number of aryl methyl sites for hydroxylation is 2. The summed E-state index contributed by atoms with van der Waals surface area (Å²) in [6, 6.07) is 3.83. The molecule has 0 aliphatic rings. The van der Waals surface area contributed by atoms with Crippen molar-refractivity contribution in [3.63, 3.8) is 0 Å². The van der Waals surface area contributed by atoms with E-state index in [0.717, 1.165) is 16.8 Å². The summed E-state index contributed by atoms with van der Waals surface area (Å²) in [6.07, 6.45) is 7.29. The first-order valence-electron chi connectivity index (χ1n) is 7.34. The topological polar surface area (TPSA) is 68.5 Å². The molecule has 0 amide bonds. The molecule has 3 heterocycles. The molecular weight excluding hydrogens is 295 g/mol. The zero-order valence-corrected chi connectivity index (χ0v) is 13.0. The Kier molecular flexibility index (Phi) is 4.27. The van der Waals surface area contributed by atoms with E-state index in [1.165, 1.54) is 6.33 Å². The highest BCUT2D eigenvalue weighted by atomic mass is 19.1. The first-order valence-corrected chi connectivity index (χ1v) is 7.34. The van der Waals surface area contributed by atoms with Gasteiger partial charge in [-0.15, -0.1) is 0 Å². The van der Waals surface area contributed by atoms with Gasteiger partial charge in [-0.2, -0.15) is 5.10 Å². The summed E-state index contributed by atoms with van der Waals surface area (Å²) in [6.45, 7) is 2.31. The summed E-state index contributed by atoms with van der Waals surface area (Å²) in [5.41, 5.74) is 3.16. The monoisotopic (exact) mass is 312 g/mol. The van der Waals surface area contributed by atoms with E-state index in [4.69, 9.17) is 0 Å². The van der Waals surface area contributed by atoms with Crippen LogP contribution in [0, 0.1) is 5.82 Å². The van der Waals surface area contributed by atoms with E-state index in [9.17, 15) is 4.39 Å². The SMILES string of the molecule is CCc1ncnc(NCc2ccnc(-c3cnn(C)c3)c2)c1F. The van der Waals surface area contributed by atoms with Crippen LogP contribution in [0.2, 0.25) is 0 Å². The fraction of sp³-hybridized carbons (Fsp3) is 0.250. The van der Waals surface area contributed by atoms with E-state index in [-0.39, 0.29) is 5.82 Å². The zero-order valence-electron chi connectivity index (χ0n) is 13.0. The first kappa shape index (κ1) is 15.1. The standard InChI is InChI=1S/C16H17FN6/c1-3-13-15(17)16(21-10-20-13)19-7-11-4-5-18-14(6-11)12-8-22-23(2)9-12/h4-6,8-10H,3,7H2,1-2H3,(H,19,20,21). The van der Waals surface area contributed by atoms with Crippen LogP contribution in [0.5, 0.6) is 0 Å². The molecular formula is C16H17FN6. The van der Waals surface area contributed by atoms with Gasteiger partial charge in [0.25, 0.3) is 0 Å².